The molecule has 4 nitrogen and oxygen atoms in total. The number of aromatic nitrogens is 2. The molecule has 32 heavy (non-hydrogen) atoms. The smallest absolute Gasteiger partial charge is 0.266 e. The second kappa shape index (κ2) is 10.3. The molecule has 6 heteroatoms. The van der Waals surface area contributed by atoms with Crippen LogP contribution < -0.4 is 0 Å². The Morgan fingerprint density at radius 1 is 1.03 bits per heavy atom. The summed E-state index contributed by atoms with van der Waals surface area (Å²) in [6.07, 6.45) is 8.38. The monoisotopic (exact) mass is 461 g/mol. The molecule has 1 aliphatic rings. The normalized spacial score (nSPS) is 15.2. The lowest BCUT2D eigenvalue weighted by Gasteiger charge is -2.13. The number of carbonyl (C=O) groups is 1. The van der Waals surface area contributed by atoms with E-state index in [4.69, 9.17) is 17.3 Å². The highest BCUT2D eigenvalue weighted by atomic mass is 32.2. The van der Waals surface area contributed by atoms with Crippen LogP contribution in [0.2, 0.25) is 0 Å². The maximum absolute atomic E-state index is 13.1. The van der Waals surface area contributed by atoms with Gasteiger partial charge < -0.3 is 0 Å². The number of para-hydroxylation sites is 1. The third-order valence-electron chi connectivity index (χ3n) is 5.48. The summed E-state index contributed by atoms with van der Waals surface area (Å²) in [6.45, 7) is 4.94. The largest absolute Gasteiger partial charge is 0.293 e. The molecule has 1 amide bonds. The first-order valence-corrected chi connectivity index (χ1v) is 12.3. The van der Waals surface area contributed by atoms with Gasteiger partial charge in [-0.15, -0.1) is 0 Å². The lowest BCUT2D eigenvalue weighted by molar-refractivity contribution is -0.122. The summed E-state index contributed by atoms with van der Waals surface area (Å²) in [4.78, 5) is 15.5. The maximum Gasteiger partial charge on any atom is 0.266 e. The van der Waals surface area contributed by atoms with Gasteiger partial charge in [-0.1, -0.05) is 98.2 Å². The molecular weight excluding hydrogens is 434 g/mol. The van der Waals surface area contributed by atoms with Crippen LogP contribution in [0.1, 0.15) is 43.7 Å². The Balaban J connectivity index is 1.67. The number of aryl methyl sites for hydroxylation is 1. The van der Waals surface area contributed by atoms with Crippen LogP contribution in [0, 0.1) is 6.92 Å². The SMILES string of the molecule is CCCCCCN1C(=O)C(=Cc2cn(-c3ccccc3)nc2-c2ccc(C)cc2)SC1=S. The number of hydrogen-bond acceptors (Lipinski definition) is 4. The Hall–Kier alpha value is -2.70. The Kier molecular flexibility index (Phi) is 7.22. The van der Waals surface area contributed by atoms with Gasteiger partial charge in [0.15, 0.2) is 0 Å². The second-order valence-corrected chi connectivity index (χ2v) is 9.65. The van der Waals surface area contributed by atoms with E-state index in [1.807, 2.05) is 47.3 Å². The van der Waals surface area contributed by atoms with Crippen molar-refractivity contribution < 1.29 is 4.79 Å². The van der Waals surface area contributed by atoms with Crippen molar-refractivity contribution in [1.82, 2.24) is 14.7 Å². The number of hydrogen-bond donors (Lipinski definition) is 0. The first-order chi connectivity index (χ1) is 15.6. The molecule has 2 aromatic carbocycles. The van der Waals surface area contributed by atoms with Crippen molar-refractivity contribution in [2.45, 2.75) is 39.5 Å². The minimum Gasteiger partial charge on any atom is -0.293 e. The van der Waals surface area contributed by atoms with Gasteiger partial charge in [0.25, 0.3) is 5.91 Å². The van der Waals surface area contributed by atoms with Crippen molar-refractivity contribution in [1.29, 1.82) is 0 Å². The van der Waals surface area contributed by atoms with Crippen LogP contribution in [0.15, 0.2) is 65.7 Å². The summed E-state index contributed by atoms with van der Waals surface area (Å²) in [5.74, 6) is -0.00110. The predicted octanol–water partition coefficient (Wildman–Crippen LogP) is 6.63. The standard InChI is InChI=1S/C26H27N3OS2/c1-3-4-5-9-16-28-25(30)23(32-26(28)31)17-21-18-29(22-10-7-6-8-11-22)27-24(21)20-14-12-19(2)13-15-20/h6-8,10-15,17-18H,3-5,9,16H2,1-2H3. The van der Waals surface area contributed by atoms with Gasteiger partial charge in [0, 0.05) is 23.9 Å². The number of nitrogens with zero attached hydrogens (tertiary/aromatic N) is 3. The molecule has 0 N–H and O–H groups in total. The summed E-state index contributed by atoms with van der Waals surface area (Å²) < 4.78 is 2.51. The zero-order valence-electron chi connectivity index (χ0n) is 18.5. The molecule has 2 heterocycles. The average Bonchev–Trinajstić information content (AvgIpc) is 3.34. The fourth-order valence-corrected chi connectivity index (χ4v) is 4.97. The van der Waals surface area contributed by atoms with Crippen LogP contribution in [0.25, 0.3) is 23.0 Å². The average molecular weight is 462 g/mol. The molecule has 0 atom stereocenters. The van der Waals surface area contributed by atoms with E-state index in [2.05, 4.69) is 38.1 Å². The van der Waals surface area contributed by atoms with Crippen LogP contribution in [-0.4, -0.2) is 31.5 Å². The van der Waals surface area contributed by atoms with Gasteiger partial charge in [0.05, 0.1) is 16.3 Å². The molecule has 0 spiro atoms. The van der Waals surface area contributed by atoms with Crippen molar-refractivity contribution in [3.63, 3.8) is 0 Å². The van der Waals surface area contributed by atoms with E-state index < -0.39 is 0 Å². The fraction of sp³-hybridized carbons (Fsp3) is 0.269. The molecule has 3 aromatic rings. The van der Waals surface area contributed by atoms with Gasteiger partial charge >= 0.3 is 0 Å². The Labute approximate surface area is 199 Å². The molecule has 0 bridgehead atoms. The molecule has 0 saturated carbocycles. The number of amides is 1. The molecule has 1 aliphatic heterocycles. The minimum atomic E-state index is -0.00110. The molecule has 1 fully saturated rings. The second-order valence-electron chi connectivity index (χ2n) is 7.97. The van der Waals surface area contributed by atoms with E-state index in [1.54, 1.807) is 4.90 Å². The number of thioether (sulfide) groups is 1. The Morgan fingerprint density at radius 3 is 2.50 bits per heavy atom. The summed E-state index contributed by atoms with van der Waals surface area (Å²) in [5.41, 5.74) is 4.95. The maximum atomic E-state index is 13.1. The topological polar surface area (TPSA) is 38.1 Å². The third kappa shape index (κ3) is 5.03. The van der Waals surface area contributed by atoms with Gasteiger partial charge in [-0.2, -0.15) is 5.10 Å². The predicted molar refractivity (Wildman–Crippen MR) is 138 cm³/mol. The highest BCUT2D eigenvalue weighted by Crippen LogP contribution is 2.35. The van der Waals surface area contributed by atoms with Gasteiger partial charge in [0.2, 0.25) is 0 Å². The zero-order valence-corrected chi connectivity index (χ0v) is 20.1. The zero-order chi connectivity index (χ0) is 22.5. The van der Waals surface area contributed by atoms with Crippen molar-refractivity contribution >= 4 is 40.3 Å². The van der Waals surface area contributed by atoms with Gasteiger partial charge in [-0.3, -0.25) is 9.69 Å². The lowest BCUT2D eigenvalue weighted by atomic mass is 10.1. The van der Waals surface area contributed by atoms with Crippen LogP contribution in [-0.2, 0) is 4.79 Å². The van der Waals surface area contributed by atoms with E-state index >= 15 is 0 Å². The van der Waals surface area contributed by atoms with Gasteiger partial charge in [-0.05, 0) is 31.6 Å². The Morgan fingerprint density at radius 2 is 1.78 bits per heavy atom. The van der Waals surface area contributed by atoms with Crippen LogP contribution in [0.3, 0.4) is 0 Å². The number of thiocarbonyl (C=S) groups is 1. The molecule has 4 rings (SSSR count). The summed E-state index contributed by atoms with van der Waals surface area (Å²) >= 11 is 6.90. The number of carbonyl (C=O) groups excluding carboxylic acids is 1. The Bertz CT molecular complexity index is 1130. The molecule has 1 saturated heterocycles. The third-order valence-corrected chi connectivity index (χ3v) is 6.86. The molecule has 0 aliphatic carbocycles. The van der Waals surface area contributed by atoms with Gasteiger partial charge in [-0.25, -0.2) is 4.68 Å². The molecule has 0 radical (unpaired) electrons. The molecular formula is C26H27N3OS2. The van der Waals surface area contributed by atoms with Crippen molar-refractivity contribution in [2.24, 2.45) is 0 Å². The van der Waals surface area contributed by atoms with E-state index in [9.17, 15) is 4.79 Å². The van der Waals surface area contributed by atoms with Crippen LogP contribution in [0.5, 0.6) is 0 Å². The highest BCUT2D eigenvalue weighted by Gasteiger charge is 2.32. The number of benzene rings is 2. The number of rotatable bonds is 8. The van der Waals surface area contributed by atoms with Crippen molar-refractivity contribution in [3.05, 3.63) is 76.8 Å². The van der Waals surface area contributed by atoms with E-state index in [0.29, 0.717) is 15.8 Å². The molecule has 1 aromatic heterocycles. The summed E-state index contributed by atoms with van der Waals surface area (Å²) in [7, 11) is 0. The van der Waals surface area contributed by atoms with Crippen molar-refractivity contribution in [3.8, 4) is 16.9 Å². The molecule has 164 valence electrons. The van der Waals surface area contributed by atoms with Crippen LogP contribution >= 0.6 is 24.0 Å². The first-order valence-electron chi connectivity index (χ1n) is 11.0. The lowest BCUT2D eigenvalue weighted by Crippen LogP contribution is -2.29. The first kappa shape index (κ1) is 22.5. The van der Waals surface area contributed by atoms with Gasteiger partial charge in [0.1, 0.15) is 4.32 Å². The van der Waals surface area contributed by atoms with E-state index in [-0.39, 0.29) is 5.91 Å². The fourth-order valence-electron chi connectivity index (χ4n) is 3.67. The number of unbranched alkanes of at least 4 members (excludes halogenated alkanes) is 3. The minimum absolute atomic E-state index is 0.00110. The molecule has 0 unspecified atom stereocenters. The van der Waals surface area contributed by atoms with Crippen LogP contribution in [0.4, 0.5) is 0 Å². The summed E-state index contributed by atoms with van der Waals surface area (Å²) in [6, 6.07) is 18.3. The van der Waals surface area contributed by atoms with Crippen molar-refractivity contribution in [2.75, 3.05) is 6.54 Å². The summed E-state index contributed by atoms with van der Waals surface area (Å²) in [5, 5.41) is 4.86. The quantitative estimate of drug-likeness (QED) is 0.214. The van der Waals surface area contributed by atoms with E-state index in [1.165, 1.54) is 30.2 Å². The van der Waals surface area contributed by atoms with E-state index in [0.717, 1.165) is 35.3 Å². The highest BCUT2D eigenvalue weighted by molar-refractivity contribution is 8.26.